The van der Waals surface area contributed by atoms with E-state index in [0.29, 0.717) is 17.5 Å². The number of sulfone groups is 1. The van der Waals surface area contributed by atoms with E-state index in [4.69, 9.17) is 0 Å². The molecule has 2 fully saturated rings. The van der Waals surface area contributed by atoms with Gasteiger partial charge in [-0.15, -0.1) is 0 Å². The van der Waals surface area contributed by atoms with E-state index in [9.17, 15) is 8.42 Å². The van der Waals surface area contributed by atoms with Crippen LogP contribution in [-0.4, -0.2) is 31.5 Å². The molecule has 2 aliphatic rings. The summed E-state index contributed by atoms with van der Waals surface area (Å²) in [5.74, 6) is 1.41. The fourth-order valence-corrected chi connectivity index (χ4v) is 5.53. The number of hydrogen-bond acceptors (Lipinski definition) is 3. The van der Waals surface area contributed by atoms with Crippen LogP contribution in [0, 0.1) is 5.92 Å². The molecule has 100 valence electrons. The fourth-order valence-electron chi connectivity index (χ4n) is 3.43. The Hall–Kier alpha value is -0.0900. The molecule has 0 aromatic carbocycles. The Morgan fingerprint density at radius 3 is 2.41 bits per heavy atom. The zero-order valence-corrected chi connectivity index (χ0v) is 11.9. The summed E-state index contributed by atoms with van der Waals surface area (Å²) in [6.45, 7) is 4.29. The molecule has 0 radical (unpaired) electrons. The highest BCUT2D eigenvalue weighted by Gasteiger charge is 2.39. The summed E-state index contributed by atoms with van der Waals surface area (Å²) in [7, 11) is -2.79. The highest BCUT2D eigenvalue weighted by atomic mass is 32.2. The van der Waals surface area contributed by atoms with Gasteiger partial charge in [0.2, 0.25) is 0 Å². The molecule has 1 N–H and O–H groups in total. The van der Waals surface area contributed by atoms with Gasteiger partial charge in [0.25, 0.3) is 0 Å². The lowest BCUT2D eigenvalue weighted by Crippen LogP contribution is -2.50. The minimum Gasteiger partial charge on any atom is -0.308 e. The van der Waals surface area contributed by atoms with Crippen molar-refractivity contribution in [1.29, 1.82) is 0 Å². The third kappa shape index (κ3) is 3.44. The van der Waals surface area contributed by atoms with Gasteiger partial charge in [-0.25, -0.2) is 8.42 Å². The highest BCUT2D eigenvalue weighted by molar-refractivity contribution is 7.91. The van der Waals surface area contributed by atoms with Crippen LogP contribution in [0.3, 0.4) is 0 Å². The van der Waals surface area contributed by atoms with E-state index in [1.165, 1.54) is 32.1 Å². The quantitative estimate of drug-likeness (QED) is 0.844. The van der Waals surface area contributed by atoms with Gasteiger partial charge >= 0.3 is 0 Å². The third-order valence-electron chi connectivity index (χ3n) is 4.44. The van der Waals surface area contributed by atoms with Crippen molar-refractivity contribution in [2.45, 2.75) is 64.0 Å². The second-order valence-electron chi connectivity index (χ2n) is 6.23. The van der Waals surface area contributed by atoms with Crippen LogP contribution in [0.5, 0.6) is 0 Å². The van der Waals surface area contributed by atoms with Gasteiger partial charge in [0.05, 0.1) is 11.5 Å². The van der Waals surface area contributed by atoms with Crippen molar-refractivity contribution in [1.82, 2.24) is 5.32 Å². The van der Waals surface area contributed by atoms with Gasteiger partial charge in [-0.2, -0.15) is 0 Å². The van der Waals surface area contributed by atoms with Crippen LogP contribution in [0.4, 0.5) is 0 Å². The largest absolute Gasteiger partial charge is 0.308 e. The van der Waals surface area contributed by atoms with Gasteiger partial charge in [0.1, 0.15) is 0 Å². The van der Waals surface area contributed by atoms with E-state index in [0.717, 1.165) is 12.3 Å². The average Bonchev–Trinajstić information content (AvgIpc) is 2.54. The summed E-state index contributed by atoms with van der Waals surface area (Å²) in [6, 6.07) is 0.452. The molecule has 2 atom stereocenters. The van der Waals surface area contributed by atoms with E-state index in [2.05, 4.69) is 19.2 Å². The zero-order chi connectivity index (χ0) is 12.5. The van der Waals surface area contributed by atoms with Crippen LogP contribution in [0.25, 0.3) is 0 Å². The Kier molecular flexibility index (Phi) is 3.83. The Morgan fingerprint density at radius 1 is 1.24 bits per heavy atom. The topological polar surface area (TPSA) is 46.2 Å². The Morgan fingerprint density at radius 2 is 1.88 bits per heavy atom. The normalized spacial score (nSPS) is 35.9. The van der Waals surface area contributed by atoms with Crippen molar-refractivity contribution in [2.75, 3.05) is 11.5 Å². The van der Waals surface area contributed by atoms with E-state index in [1.807, 2.05) is 0 Å². The number of nitrogens with one attached hydrogen (secondary N) is 1. The lowest BCUT2D eigenvalue weighted by atomic mass is 9.83. The summed E-state index contributed by atoms with van der Waals surface area (Å²) in [5.41, 5.74) is -0.185. The van der Waals surface area contributed by atoms with Crippen LogP contribution in [-0.2, 0) is 9.84 Å². The second kappa shape index (κ2) is 4.88. The lowest BCUT2D eigenvalue weighted by molar-refractivity contribution is 0.235. The highest BCUT2D eigenvalue weighted by Crippen LogP contribution is 2.29. The third-order valence-corrected chi connectivity index (χ3v) is 6.34. The van der Waals surface area contributed by atoms with E-state index >= 15 is 0 Å². The number of rotatable bonds is 3. The van der Waals surface area contributed by atoms with Gasteiger partial charge < -0.3 is 5.32 Å². The van der Waals surface area contributed by atoms with Gasteiger partial charge in [0.15, 0.2) is 9.84 Å². The van der Waals surface area contributed by atoms with Crippen molar-refractivity contribution in [3.8, 4) is 0 Å². The maximum atomic E-state index is 11.6. The molecule has 2 unspecified atom stereocenters. The van der Waals surface area contributed by atoms with Gasteiger partial charge in [-0.05, 0) is 39.0 Å². The average molecular weight is 259 g/mol. The first kappa shape index (κ1) is 13.3. The Balaban J connectivity index is 1.91. The summed E-state index contributed by atoms with van der Waals surface area (Å²) in [5, 5.41) is 3.60. The first-order valence-corrected chi connectivity index (χ1v) is 8.71. The molecule has 3 nitrogen and oxygen atoms in total. The molecule has 0 amide bonds. The van der Waals surface area contributed by atoms with Gasteiger partial charge in [0, 0.05) is 11.6 Å². The minimum atomic E-state index is -2.79. The molecule has 4 heteroatoms. The first-order valence-electron chi connectivity index (χ1n) is 6.88. The molecule has 1 heterocycles. The van der Waals surface area contributed by atoms with Crippen molar-refractivity contribution in [2.24, 2.45) is 5.92 Å². The molecule has 0 spiro atoms. The fraction of sp³-hybridized carbons (Fsp3) is 1.00. The monoisotopic (exact) mass is 259 g/mol. The zero-order valence-electron chi connectivity index (χ0n) is 11.0. The maximum absolute atomic E-state index is 11.6. The molecule has 1 aliphatic heterocycles. The molecule has 2 rings (SSSR count). The predicted octanol–water partition coefficient (Wildman–Crippen LogP) is 2.12. The summed E-state index contributed by atoms with van der Waals surface area (Å²) >= 11 is 0. The van der Waals surface area contributed by atoms with Crippen LogP contribution in [0.2, 0.25) is 0 Å². The smallest absolute Gasteiger partial charge is 0.152 e. The molecule has 0 aromatic rings. The van der Waals surface area contributed by atoms with Crippen molar-refractivity contribution < 1.29 is 8.42 Å². The van der Waals surface area contributed by atoms with Crippen LogP contribution in [0.1, 0.15) is 52.4 Å². The number of hydrogen-bond donors (Lipinski definition) is 1. The lowest BCUT2D eigenvalue weighted by Gasteiger charge is -2.35. The van der Waals surface area contributed by atoms with Crippen molar-refractivity contribution in [3.05, 3.63) is 0 Å². The molecule has 1 saturated heterocycles. The molecule has 1 saturated carbocycles. The molecular weight excluding hydrogens is 234 g/mol. The predicted molar refractivity (Wildman–Crippen MR) is 70.8 cm³/mol. The molecule has 1 aliphatic carbocycles. The molecular formula is C13H25NO2S. The maximum Gasteiger partial charge on any atom is 0.152 e. The SMILES string of the molecule is CC(NC1(C)CCS(=O)(=O)C1)C1CCCCC1. The van der Waals surface area contributed by atoms with E-state index in [-0.39, 0.29) is 5.54 Å². The van der Waals surface area contributed by atoms with Gasteiger partial charge in [-0.1, -0.05) is 19.3 Å². The summed E-state index contributed by atoms with van der Waals surface area (Å²) < 4.78 is 23.1. The Bertz CT molecular complexity index is 360. The van der Waals surface area contributed by atoms with Crippen LogP contribution in [0.15, 0.2) is 0 Å². The molecule has 0 bridgehead atoms. The second-order valence-corrected chi connectivity index (χ2v) is 8.42. The first-order chi connectivity index (χ1) is 7.90. The van der Waals surface area contributed by atoms with Crippen molar-refractivity contribution in [3.63, 3.8) is 0 Å². The minimum absolute atomic E-state index is 0.185. The van der Waals surface area contributed by atoms with E-state index in [1.54, 1.807) is 0 Å². The van der Waals surface area contributed by atoms with E-state index < -0.39 is 9.84 Å². The van der Waals surface area contributed by atoms with Crippen LogP contribution < -0.4 is 5.32 Å². The van der Waals surface area contributed by atoms with Crippen LogP contribution >= 0.6 is 0 Å². The molecule has 0 aromatic heterocycles. The summed E-state index contributed by atoms with van der Waals surface area (Å²) in [6.07, 6.45) is 7.42. The van der Waals surface area contributed by atoms with Crippen molar-refractivity contribution >= 4 is 9.84 Å². The van der Waals surface area contributed by atoms with Gasteiger partial charge in [-0.3, -0.25) is 0 Å². The summed E-state index contributed by atoms with van der Waals surface area (Å²) in [4.78, 5) is 0. The Labute approximate surface area is 105 Å². The molecule has 17 heavy (non-hydrogen) atoms. The standard InChI is InChI=1S/C13H25NO2S/c1-11(12-6-4-3-5-7-12)14-13(2)8-9-17(15,16)10-13/h11-12,14H,3-10H2,1-2H3.